The number of rotatable bonds is 6. The lowest BCUT2D eigenvalue weighted by molar-refractivity contribution is -0.142. The van der Waals surface area contributed by atoms with Gasteiger partial charge < -0.3 is 14.5 Å². The summed E-state index contributed by atoms with van der Waals surface area (Å²) in [5.41, 5.74) is 1.31. The summed E-state index contributed by atoms with van der Waals surface area (Å²) in [6.45, 7) is 2.67. The Balaban J connectivity index is 1.46. The quantitative estimate of drug-likeness (QED) is 0.786. The third-order valence-corrected chi connectivity index (χ3v) is 5.62. The summed E-state index contributed by atoms with van der Waals surface area (Å²) in [4.78, 5) is 28.3. The van der Waals surface area contributed by atoms with E-state index in [9.17, 15) is 9.59 Å². The van der Waals surface area contributed by atoms with Crippen LogP contribution >= 0.6 is 0 Å². The molecule has 2 saturated heterocycles. The van der Waals surface area contributed by atoms with Gasteiger partial charge in [-0.1, -0.05) is 12.1 Å². The van der Waals surface area contributed by atoms with Crippen LogP contribution in [-0.2, 0) is 16.0 Å². The maximum Gasteiger partial charge on any atom is 0.242 e. The van der Waals surface area contributed by atoms with Crippen molar-refractivity contribution in [3.8, 4) is 5.75 Å². The summed E-state index contributed by atoms with van der Waals surface area (Å²) in [6.07, 6.45) is 6.94. The lowest BCUT2D eigenvalue weighted by atomic mass is 9.91. The Bertz CT molecular complexity index is 614. The Morgan fingerprint density at radius 2 is 1.96 bits per heavy atom. The summed E-state index contributed by atoms with van der Waals surface area (Å²) in [7, 11) is 1.68. The zero-order valence-electron chi connectivity index (χ0n) is 15.8. The minimum Gasteiger partial charge on any atom is -0.497 e. The number of likely N-dealkylation sites (tertiary alicyclic amines) is 2. The van der Waals surface area contributed by atoms with Crippen LogP contribution in [0.1, 0.15) is 44.1 Å². The first-order valence-corrected chi connectivity index (χ1v) is 9.84. The summed E-state index contributed by atoms with van der Waals surface area (Å²) in [5, 5.41) is 0. The summed E-state index contributed by atoms with van der Waals surface area (Å²) in [6, 6.07) is 8.24. The molecule has 5 nitrogen and oxygen atoms in total. The number of nitrogens with zero attached hydrogens (tertiary/aromatic N) is 2. The zero-order chi connectivity index (χ0) is 18.4. The molecule has 0 bridgehead atoms. The summed E-state index contributed by atoms with van der Waals surface area (Å²) >= 11 is 0. The molecule has 1 aromatic carbocycles. The topological polar surface area (TPSA) is 49.9 Å². The van der Waals surface area contributed by atoms with Crippen LogP contribution in [0.4, 0.5) is 0 Å². The molecule has 1 unspecified atom stereocenters. The molecule has 0 N–H and O–H groups in total. The first-order chi connectivity index (χ1) is 12.7. The van der Waals surface area contributed by atoms with E-state index in [1.807, 2.05) is 17.0 Å². The highest BCUT2D eigenvalue weighted by molar-refractivity contribution is 5.85. The van der Waals surface area contributed by atoms with Crippen molar-refractivity contribution in [3.05, 3.63) is 29.8 Å². The molecule has 2 fully saturated rings. The molecule has 3 rings (SSSR count). The van der Waals surface area contributed by atoms with Crippen LogP contribution in [0, 0.1) is 5.92 Å². The van der Waals surface area contributed by atoms with E-state index in [0.717, 1.165) is 57.5 Å². The Hall–Kier alpha value is -2.04. The number of hydrogen-bond acceptors (Lipinski definition) is 3. The molecule has 0 aromatic heterocycles. The Morgan fingerprint density at radius 1 is 1.15 bits per heavy atom. The number of carbonyl (C=O) groups excluding carboxylic acids is 2. The predicted molar refractivity (Wildman–Crippen MR) is 101 cm³/mol. The fourth-order valence-electron chi connectivity index (χ4n) is 3.98. The molecular formula is C21H30N2O3. The van der Waals surface area contributed by atoms with Crippen molar-refractivity contribution in [3.63, 3.8) is 0 Å². The van der Waals surface area contributed by atoms with E-state index >= 15 is 0 Å². The second-order valence-corrected chi connectivity index (χ2v) is 7.51. The molecule has 5 heteroatoms. The van der Waals surface area contributed by atoms with Gasteiger partial charge in [-0.3, -0.25) is 9.59 Å². The monoisotopic (exact) mass is 358 g/mol. The van der Waals surface area contributed by atoms with E-state index < -0.39 is 0 Å². The van der Waals surface area contributed by atoms with Gasteiger partial charge in [0.1, 0.15) is 5.75 Å². The minimum absolute atomic E-state index is 0.120. The highest BCUT2D eigenvalue weighted by Crippen LogP contribution is 2.23. The van der Waals surface area contributed by atoms with E-state index in [2.05, 4.69) is 12.1 Å². The van der Waals surface area contributed by atoms with Gasteiger partial charge in [0.05, 0.1) is 13.7 Å². The van der Waals surface area contributed by atoms with Crippen molar-refractivity contribution < 1.29 is 14.3 Å². The number of carbonyl (C=O) groups is 2. The molecule has 26 heavy (non-hydrogen) atoms. The molecule has 2 amide bonds. The lowest BCUT2D eigenvalue weighted by Gasteiger charge is -2.35. The van der Waals surface area contributed by atoms with Gasteiger partial charge in [0.15, 0.2) is 0 Å². The van der Waals surface area contributed by atoms with Crippen LogP contribution < -0.4 is 4.74 Å². The van der Waals surface area contributed by atoms with Gasteiger partial charge in [-0.15, -0.1) is 0 Å². The van der Waals surface area contributed by atoms with E-state index in [4.69, 9.17) is 4.74 Å². The van der Waals surface area contributed by atoms with Gasteiger partial charge in [-0.05, 0) is 62.1 Å². The molecule has 142 valence electrons. The van der Waals surface area contributed by atoms with Crippen LogP contribution in [0.25, 0.3) is 0 Å². The van der Waals surface area contributed by atoms with Crippen molar-refractivity contribution in [2.75, 3.05) is 33.3 Å². The van der Waals surface area contributed by atoms with Crippen molar-refractivity contribution in [1.82, 2.24) is 9.80 Å². The molecular weight excluding hydrogens is 328 g/mol. The van der Waals surface area contributed by atoms with Gasteiger partial charge in [-0.2, -0.15) is 0 Å². The number of benzene rings is 1. The number of ether oxygens (including phenoxy) is 1. The Morgan fingerprint density at radius 3 is 2.69 bits per heavy atom. The van der Waals surface area contributed by atoms with Gasteiger partial charge in [0.2, 0.25) is 11.8 Å². The number of aryl methyl sites for hydroxylation is 1. The average Bonchev–Trinajstić information content (AvgIpc) is 2.69. The standard InChI is InChI=1S/C21H30N2O3/c1-26-19-11-9-17(10-12-19)7-8-18-5-4-14-22(15-18)21(25)16-23-13-3-2-6-20(23)24/h9-12,18H,2-8,13-16H2,1H3. The van der Waals surface area contributed by atoms with E-state index in [1.165, 1.54) is 12.0 Å². The van der Waals surface area contributed by atoms with Crippen LogP contribution in [0.15, 0.2) is 24.3 Å². The summed E-state index contributed by atoms with van der Waals surface area (Å²) in [5.74, 6) is 1.69. The molecule has 0 radical (unpaired) electrons. The number of piperidine rings is 2. The van der Waals surface area contributed by atoms with Crippen LogP contribution in [0.2, 0.25) is 0 Å². The smallest absolute Gasteiger partial charge is 0.242 e. The molecule has 0 spiro atoms. The van der Waals surface area contributed by atoms with E-state index in [1.54, 1.807) is 12.0 Å². The first-order valence-electron chi connectivity index (χ1n) is 9.84. The lowest BCUT2D eigenvalue weighted by Crippen LogP contribution is -2.47. The zero-order valence-corrected chi connectivity index (χ0v) is 15.8. The molecule has 1 atom stereocenters. The number of amides is 2. The molecule has 1 aromatic rings. The van der Waals surface area contributed by atoms with Gasteiger partial charge in [0.25, 0.3) is 0 Å². The average molecular weight is 358 g/mol. The van der Waals surface area contributed by atoms with Gasteiger partial charge >= 0.3 is 0 Å². The van der Waals surface area contributed by atoms with Crippen molar-refractivity contribution in [2.24, 2.45) is 5.92 Å². The number of methoxy groups -OCH3 is 1. The fourth-order valence-corrected chi connectivity index (χ4v) is 3.98. The minimum atomic E-state index is 0.120. The van der Waals surface area contributed by atoms with E-state index in [0.29, 0.717) is 12.3 Å². The maximum absolute atomic E-state index is 12.6. The van der Waals surface area contributed by atoms with Crippen LogP contribution in [0.3, 0.4) is 0 Å². The number of hydrogen-bond donors (Lipinski definition) is 0. The van der Waals surface area contributed by atoms with Crippen molar-refractivity contribution in [2.45, 2.75) is 44.9 Å². The largest absolute Gasteiger partial charge is 0.497 e. The Kier molecular flexibility index (Phi) is 6.53. The summed E-state index contributed by atoms with van der Waals surface area (Å²) < 4.78 is 5.20. The molecule has 2 aliphatic rings. The third kappa shape index (κ3) is 4.99. The van der Waals surface area contributed by atoms with Gasteiger partial charge in [0, 0.05) is 26.1 Å². The second kappa shape index (κ2) is 9.06. The maximum atomic E-state index is 12.6. The Labute approximate surface area is 156 Å². The highest BCUT2D eigenvalue weighted by Gasteiger charge is 2.27. The SMILES string of the molecule is COc1ccc(CCC2CCCN(C(=O)CN3CCCCC3=O)C2)cc1. The van der Waals surface area contributed by atoms with Gasteiger partial charge in [-0.25, -0.2) is 0 Å². The van der Waals surface area contributed by atoms with Crippen LogP contribution in [-0.4, -0.2) is 54.9 Å². The molecule has 0 saturated carbocycles. The van der Waals surface area contributed by atoms with E-state index in [-0.39, 0.29) is 18.4 Å². The van der Waals surface area contributed by atoms with Crippen LogP contribution in [0.5, 0.6) is 5.75 Å². The fraction of sp³-hybridized carbons (Fsp3) is 0.619. The van der Waals surface area contributed by atoms with Crippen molar-refractivity contribution >= 4 is 11.8 Å². The van der Waals surface area contributed by atoms with Crippen molar-refractivity contribution in [1.29, 1.82) is 0 Å². The molecule has 2 aliphatic heterocycles. The normalized spacial score (nSPS) is 21.0. The predicted octanol–water partition coefficient (Wildman–Crippen LogP) is 2.88. The third-order valence-electron chi connectivity index (χ3n) is 5.62. The molecule has 0 aliphatic carbocycles. The highest BCUT2D eigenvalue weighted by atomic mass is 16.5. The second-order valence-electron chi connectivity index (χ2n) is 7.51. The molecule has 2 heterocycles. The first kappa shape index (κ1) is 18.7.